The van der Waals surface area contributed by atoms with Crippen LogP contribution in [0.5, 0.6) is 11.5 Å². The molecule has 1 aliphatic rings. The average Bonchev–Trinajstić information content (AvgIpc) is 2.36. The third-order valence-electron chi connectivity index (χ3n) is 2.99. The van der Waals surface area contributed by atoms with Crippen molar-refractivity contribution in [2.45, 2.75) is 12.2 Å². The molecule has 96 valence electrons. The number of ether oxygens (including phenoxy) is 1. The van der Waals surface area contributed by atoms with Crippen LogP contribution in [-0.2, 0) is 6.42 Å². The van der Waals surface area contributed by atoms with Gasteiger partial charge in [-0.15, -0.1) is 0 Å². The highest BCUT2D eigenvalue weighted by Crippen LogP contribution is 2.38. The number of aliphatic hydroxyl groups excluding tert-OH is 1. The lowest BCUT2D eigenvalue weighted by atomic mass is 9.67. The number of carboxylic acids is 1. The Morgan fingerprint density at radius 1 is 1.61 bits per heavy atom. The van der Waals surface area contributed by atoms with Crippen molar-refractivity contribution in [3.05, 3.63) is 23.3 Å². The fourth-order valence-electron chi connectivity index (χ4n) is 2.03. The minimum atomic E-state index is -1.22. The zero-order valence-corrected chi connectivity index (χ0v) is 9.79. The molecule has 0 saturated heterocycles. The van der Waals surface area contributed by atoms with Crippen LogP contribution >= 0.6 is 0 Å². The van der Waals surface area contributed by atoms with Crippen molar-refractivity contribution in [2.75, 3.05) is 13.7 Å². The summed E-state index contributed by atoms with van der Waals surface area (Å²) in [7, 11) is 0.150. The smallest absolute Gasteiger partial charge is 0.528 e. The van der Waals surface area contributed by atoms with Gasteiger partial charge in [-0.2, -0.15) is 0 Å². The highest BCUT2D eigenvalue weighted by Gasteiger charge is 2.37. The summed E-state index contributed by atoms with van der Waals surface area (Å²) in [4.78, 5) is 11.2. The maximum atomic E-state index is 11.2. The summed E-state index contributed by atoms with van der Waals surface area (Å²) in [6, 6.07) is 3.22. The molecule has 6 nitrogen and oxygen atoms in total. The summed E-state index contributed by atoms with van der Waals surface area (Å²) in [5.41, 5.74) is 0.531. The molecule has 1 aliphatic heterocycles. The van der Waals surface area contributed by atoms with E-state index >= 15 is 0 Å². The zero-order valence-electron chi connectivity index (χ0n) is 9.79. The standard InChI is InChI=1S/C11H13BO6/c1-17-8-3-2-6-4-7(5-13)12(16)18-10(6)9(8)11(14)15/h2-3,7,13,16H,4-5H2,1H3,(H,14,15). The maximum Gasteiger partial charge on any atom is 0.528 e. The van der Waals surface area contributed by atoms with E-state index < -0.39 is 18.9 Å². The molecule has 0 spiro atoms. The molecule has 0 fully saturated rings. The van der Waals surface area contributed by atoms with Gasteiger partial charge in [-0.25, -0.2) is 4.79 Å². The molecule has 1 atom stereocenters. The predicted octanol–water partition coefficient (Wildman–Crippen LogP) is 0.171. The van der Waals surface area contributed by atoms with E-state index in [0.29, 0.717) is 12.0 Å². The molecular weight excluding hydrogens is 239 g/mol. The Balaban J connectivity index is 2.51. The Morgan fingerprint density at radius 2 is 2.33 bits per heavy atom. The van der Waals surface area contributed by atoms with Crippen molar-refractivity contribution < 1.29 is 29.4 Å². The molecule has 0 radical (unpaired) electrons. The van der Waals surface area contributed by atoms with Gasteiger partial charge in [0.2, 0.25) is 0 Å². The van der Waals surface area contributed by atoms with Crippen LogP contribution in [0, 0.1) is 0 Å². The van der Waals surface area contributed by atoms with Crippen LogP contribution in [0.15, 0.2) is 12.1 Å². The van der Waals surface area contributed by atoms with Crippen molar-refractivity contribution in [1.82, 2.24) is 0 Å². The number of fused-ring (bicyclic) bond motifs is 1. The predicted molar refractivity (Wildman–Crippen MR) is 63.1 cm³/mol. The number of carboxylic acid groups (broad SMARTS) is 1. The van der Waals surface area contributed by atoms with Crippen molar-refractivity contribution in [3.63, 3.8) is 0 Å². The van der Waals surface area contributed by atoms with Gasteiger partial charge in [0.15, 0.2) is 0 Å². The summed E-state index contributed by atoms with van der Waals surface area (Å²) in [6.45, 7) is -0.227. The molecule has 18 heavy (non-hydrogen) atoms. The number of methoxy groups -OCH3 is 1. The van der Waals surface area contributed by atoms with Crippen molar-refractivity contribution in [3.8, 4) is 11.5 Å². The molecule has 0 bridgehead atoms. The number of aliphatic hydroxyl groups is 1. The van der Waals surface area contributed by atoms with Gasteiger partial charge in [0.1, 0.15) is 17.1 Å². The lowest BCUT2D eigenvalue weighted by molar-refractivity contribution is 0.0690. The highest BCUT2D eigenvalue weighted by atomic mass is 16.5. The van der Waals surface area contributed by atoms with Crippen molar-refractivity contribution in [2.24, 2.45) is 0 Å². The van der Waals surface area contributed by atoms with Crippen molar-refractivity contribution >= 4 is 13.1 Å². The van der Waals surface area contributed by atoms with E-state index in [1.54, 1.807) is 6.07 Å². The first kappa shape index (κ1) is 12.7. The molecule has 1 aromatic rings. The number of benzene rings is 1. The van der Waals surface area contributed by atoms with Gasteiger partial charge in [-0.1, -0.05) is 6.07 Å². The van der Waals surface area contributed by atoms with E-state index in [9.17, 15) is 14.9 Å². The van der Waals surface area contributed by atoms with E-state index in [-0.39, 0.29) is 23.7 Å². The molecule has 1 heterocycles. The lowest BCUT2D eigenvalue weighted by Crippen LogP contribution is -2.36. The fourth-order valence-corrected chi connectivity index (χ4v) is 2.03. The average molecular weight is 252 g/mol. The van der Waals surface area contributed by atoms with Crippen LogP contribution in [-0.4, -0.2) is 42.0 Å². The maximum absolute atomic E-state index is 11.2. The van der Waals surface area contributed by atoms with Crippen LogP contribution in [0.2, 0.25) is 5.82 Å². The number of carbonyl (C=O) groups is 1. The highest BCUT2D eigenvalue weighted by molar-refractivity contribution is 6.46. The first-order valence-electron chi connectivity index (χ1n) is 5.47. The summed E-state index contributed by atoms with van der Waals surface area (Å²) in [5, 5.41) is 27.9. The first-order chi connectivity index (χ1) is 8.58. The van der Waals surface area contributed by atoms with E-state index in [1.807, 2.05) is 0 Å². The van der Waals surface area contributed by atoms with Gasteiger partial charge in [0, 0.05) is 12.4 Å². The SMILES string of the molecule is COc1ccc2c(c1C(=O)O)OB(O)C(CO)C2. The van der Waals surface area contributed by atoms with Crippen molar-refractivity contribution in [1.29, 1.82) is 0 Å². The van der Waals surface area contributed by atoms with E-state index in [2.05, 4.69) is 0 Å². The third kappa shape index (κ3) is 2.02. The summed E-state index contributed by atoms with van der Waals surface area (Å²) in [6.07, 6.45) is 0.358. The monoisotopic (exact) mass is 252 g/mol. The lowest BCUT2D eigenvalue weighted by Gasteiger charge is -2.27. The van der Waals surface area contributed by atoms with Gasteiger partial charge in [0.05, 0.1) is 7.11 Å². The van der Waals surface area contributed by atoms with Crippen LogP contribution in [0.4, 0.5) is 0 Å². The Labute approximate surface area is 104 Å². The first-order valence-corrected chi connectivity index (χ1v) is 5.47. The van der Waals surface area contributed by atoms with Crippen LogP contribution in [0.25, 0.3) is 0 Å². The summed E-state index contributed by atoms with van der Waals surface area (Å²) in [5.74, 6) is -1.35. The Bertz CT molecular complexity index is 475. The van der Waals surface area contributed by atoms with E-state index in [4.69, 9.17) is 14.5 Å². The third-order valence-corrected chi connectivity index (χ3v) is 2.99. The van der Waals surface area contributed by atoms with Crippen LogP contribution < -0.4 is 9.39 Å². The second-order valence-corrected chi connectivity index (χ2v) is 4.09. The van der Waals surface area contributed by atoms with Gasteiger partial charge >= 0.3 is 13.1 Å². The number of hydrogen-bond acceptors (Lipinski definition) is 5. The number of rotatable bonds is 3. The van der Waals surface area contributed by atoms with Gasteiger partial charge in [-0.3, -0.25) is 0 Å². The molecule has 0 saturated carbocycles. The van der Waals surface area contributed by atoms with E-state index in [1.165, 1.54) is 13.2 Å². The molecule has 0 aromatic heterocycles. The number of hydrogen-bond donors (Lipinski definition) is 3. The second kappa shape index (κ2) is 4.87. The van der Waals surface area contributed by atoms with Crippen LogP contribution in [0.1, 0.15) is 15.9 Å². The topological polar surface area (TPSA) is 96.2 Å². The molecule has 2 rings (SSSR count). The Morgan fingerprint density at radius 3 is 2.89 bits per heavy atom. The summed E-state index contributed by atoms with van der Waals surface area (Å²) < 4.78 is 10.2. The Kier molecular flexibility index (Phi) is 3.44. The normalized spacial score (nSPS) is 17.9. The second-order valence-electron chi connectivity index (χ2n) is 4.09. The zero-order chi connectivity index (χ0) is 13.3. The molecule has 3 N–H and O–H groups in total. The minimum absolute atomic E-state index is 0.106. The summed E-state index contributed by atoms with van der Waals surface area (Å²) >= 11 is 0. The number of aromatic carboxylic acids is 1. The molecular formula is C11H13BO6. The molecule has 0 aliphatic carbocycles. The van der Waals surface area contributed by atoms with Gasteiger partial charge in [-0.05, 0) is 18.1 Å². The van der Waals surface area contributed by atoms with E-state index in [0.717, 1.165) is 0 Å². The minimum Gasteiger partial charge on any atom is -0.535 e. The Hall–Kier alpha value is -1.73. The van der Waals surface area contributed by atoms with Gasteiger partial charge in [0.25, 0.3) is 0 Å². The quantitative estimate of drug-likeness (QED) is 0.663. The van der Waals surface area contributed by atoms with Gasteiger partial charge < -0.3 is 24.6 Å². The molecule has 7 heteroatoms. The molecule has 1 aromatic carbocycles. The van der Waals surface area contributed by atoms with Crippen LogP contribution in [0.3, 0.4) is 0 Å². The fraction of sp³-hybridized carbons (Fsp3) is 0.364. The molecule has 0 amide bonds. The largest absolute Gasteiger partial charge is 0.535 e. The molecule has 1 unspecified atom stereocenters.